The first-order chi connectivity index (χ1) is 12.0. The third kappa shape index (κ3) is 3.18. The van der Waals surface area contributed by atoms with Crippen LogP contribution in [0.5, 0.6) is 0 Å². The second-order valence-corrected chi connectivity index (χ2v) is 7.83. The van der Waals surface area contributed by atoms with E-state index in [1.807, 2.05) is 11.8 Å². The van der Waals surface area contributed by atoms with Crippen LogP contribution < -0.4 is 10.2 Å². The normalized spacial score (nSPS) is 16.5. The van der Waals surface area contributed by atoms with Gasteiger partial charge in [0.25, 0.3) is 0 Å². The van der Waals surface area contributed by atoms with E-state index in [4.69, 9.17) is 0 Å². The minimum atomic E-state index is -0.111. The van der Waals surface area contributed by atoms with Crippen LogP contribution in [0, 0.1) is 12.8 Å². The average Bonchev–Trinajstić information content (AvgIpc) is 3.36. The Kier molecular flexibility index (Phi) is 4.07. The highest BCUT2D eigenvalue weighted by Gasteiger charge is 2.35. The lowest BCUT2D eigenvalue weighted by Crippen LogP contribution is -2.36. The van der Waals surface area contributed by atoms with Crippen LogP contribution in [-0.2, 0) is 16.0 Å². The molecule has 2 aromatic rings. The van der Waals surface area contributed by atoms with Crippen LogP contribution in [0.1, 0.15) is 37.4 Å². The number of rotatable bonds is 3. The Morgan fingerprint density at radius 2 is 2.12 bits per heavy atom. The Morgan fingerprint density at radius 1 is 1.32 bits per heavy atom. The molecular formula is C19H21N3O2S. The van der Waals surface area contributed by atoms with Gasteiger partial charge in [-0.15, -0.1) is 0 Å². The maximum atomic E-state index is 12.5. The van der Waals surface area contributed by atoms with Crippen molar-refractivity contribution in [1.82, 2.24) is 4.98 Å². The molecule has 0 bridgehead atoms. The molecule has 1 aromatic heterocycles. The van der Waals surface area contributed by atoms with Crippen LogP contribution in [-0.4, -0.2) is 23.3 Å². The van der Waals surface area contributed by atoms with Gasteiger partial charge in [0.05, 0.1) is 10.6 Å². The van der Waals surface area contributed by atoms with Gasteiger partial charge in [-0.3, -0.25) is 9.59 Å². The van der Waals surface area contributed by atoms with Crippen LogP contribution in [0.25, 0.3) is 10.4 Å². The summed E-state index contributed by atoms with van der Waals surface area (Å²) in [5, 5.41) is 3.38. The smallest absolute Gasteiger partial charge is 0.230 e. The molecule has 25 heavy (non-hydrogen) atoms. The molecule has 0 saturated heterocycles. The topological polar surface area (TPSA) is 62.3 Å². The second kappa shape index (κ2) is 6.26. The molecule has 0 spiro atoms. The van der Waals surface area contributed by atoms with E-state index < -0.39 is 0 Å². The first kappa shape index (κ1) is 16.3. The molecule has 130 valence electrons. The number of anilines is 2. The summed E-state index contributed by atoms with van der Waals surface area (Å²) in [5.41, 5.74) is 4.31. The molecule has 4 rings (SSSR count). The van der Waals surface area contributed by atoms with Gasteiger partial charge in [0.15, 0.2) is 5.13 Å². The van der Waals surface area contributed by atoms with Crippen molar-refractivity contribution in [1.29, 1.82) is 0 Å². The van der Waals surface area contributed by atoms with E-state index >= 15 is 0 Å². The van der Waals surface area contributed by atoms with Crippen molar-refractivity contribution >= 4 is 34.0 Å². The number of nitrogens with zero attached hydrogens (tertiary/aromatic N) is 2. The van der Waals surface area contributed by atoms with Crippen LogP contribution in [0.3, 0.4) is 0 Å². The van der Waals surface area contributed by atoms with E-state index in [9.17, 15) is 9.59 Å². The fourth-order valence-corrected chi connectivity index (χ4v) is 4.40. The monoisotopic (exact) mass is 355 g/mol. The molecule has 1 saturated carbocycles. The number of hydrogen-bond acceptors (Lipinski definition) is 4. The number of carbonyl (C=O) groups is 2. The fourth-order valence-electron chi connectivity index (χ4n) is 3.39. The van der Waals surface area contributed by atoms with Gasteiger partial charge < -0.3 is 10.2 Å². The van der Waals surface area contributed by atoms with Crippen molar-refractivity contribution in [2.24, 2.45) is 5.92 Å². The molecule has 5 nitrogen and oxygen atoms in total. The molecule has 0 unspecified atom stereocenters. The Hall–Kier alpha value is -2.21. The van der Waals surface area contributed by atoms with Gasteiger partial charge in [0, 0.05) is 25.1 Å². The number of hydrogen-bond donors (Lipinski definition) is 1. The third-order valence-electron chi connectivity index (χ3n) is 4.73. The van der Waals surface area contributed by atoms with Crippen molar-refractivity contribution in [3.63, 3.8) is 0 Å². The van der Waals surface area contributed by atoms with Crippen molar-refractivity contribution in [3.05, 3.63) is 29.5 Å². The molecule has 0 atom stereocenters. The van der Waals surface area contributed by atoms with Gasteiger partial charge in [-0.25, -0.2) is 4.98 Å². The van der Waals surface area contributed by atoms with Gasteiger partial charge in [0.2, 0.25) is 11.8 Å². The van der Waals surface area contributed by atoms with Crippen molar-refractivity contribution in [2.45, 2.75) is 39.5 Å². The summed E-state index contributed by atoms with van der Waals surface area (Å²) < 4.78 is 0. The second-order valence-electron chi connectivity index (χ2n) is 6.83. The highest BCUT2D eigenvalue weighted by molar-refractivity contribution is 7.19. The maximum Gasteiger partial charge on any atom is 0.230 e. The lowest BCUT2D eigenvalue weighted by molar-refractivity contribution is -0.120. The molecule has 2 heterocycles. The van der Waals surface area contributed by atoms with Crippen molar-refractivity contribution in [3.8, 4) is 10.4 Å². The third-order valence-corrected chi connectivity index (χ3v) is 5.85. The summed E-state index contributed by atoms with van der Waals surface area (Å²) in [6, 6.07) is 6.32. The van der Waals surface area contributed by atoms with Crippen LogP contribution >= 0.6 is 11.3 Å². The first-order valence-electron chi connectivity index (χ1n) is 8.72. The number of aromatic nitrogens is 1. The lowest BCUT2D eigenvalue weighted by atomic mass is 9.98. The minimum absolute atomic E-state index is 0.111. The Balaban J connectivity index is 1.66. The molecule has 2 aliphatic rings. The molecule has 6 heteroatoms. The lowest BCUT2D eigenvalue weighted by Gasteiger charge is -2.30. The zero-order chi connectivity index (χ0) is 17.6. The van der Waals surface area contributed by atoms with Gasteiger partial charge in [-0.2, -0.15) is 0 Å². The van der Waals surface area contributed by atoms with Gasteiger partial charge in [-0.1, -0.05) is 17.4 Å². The van der Waals surface area contributed by atoms with E-state index in [2.05, 4.69) is 28.5 Å². The standard InChI is InChI=1S/C19H21N3O2S/c1-11-17(25-19(20-11)21-12(2)23)15-7-8-16-14(10-15)4-3-9-22(16)18(24)13-5-6-13/h7-8,10,13H,3-6,9H2,1-2H3,(H,20,21,23). The molecule has 1 aliphatic carbocycles. The predicted molar refractivity (Wildman–Crippen MR) is 100.0 cm³/mol. The highest BCUT2D eigenvalue weighted by Crippen LogP contribution is 2.39. The highest BCUT2D eigenvalue weighted by atomic mass is 32.1. The number of nitrogens with one attached hydrogen (secondary N) is 1. The number of thiazole rings is 1. The maximum absolute atomic E-state index is 12.5. The summed E-state index contributed by atoms with van der Waals surface area (Å²) in [6.07, 6.45) is 4.07. The molecule has 1 aliphatic heterocycles. The van der Waals surface area contributed by atoms with E-state index in [1.54, 1.807) is 0 Å². The molecule has 2 amide bonds. The number of carbonyl (C=O) groups excluding carboxylic acids is 2. The fraction of sp³-hybridized carbons (Fsp3) is 0.421. The van der Waals surface area contributed by atoms with Crippen LogP contribution in [0.4, 0.5) is 10.8 Å². The van der Waals surface area contributed by atoms with Crippen molar-refractivity contribution < 1.29 is 9.59 Å². The van der Waals surface area contributed by atoms with E-state index in [1.165, 1.54) is 23.8 Å². The largest absolute Gasteiger partial charge is 0.312 e. The molecular weight excluding hydrogens is 334 g/mol. The summed E-state index contributed by atoms with van der Waals surface area (Å²) in [6.45, 7) is 4.27. The summed E-state index contributed by atoms with van der Waals surface area (Å²) >= 11 is 1.49. The summed E-state index contributed by atoms with van der Waals surface area (Å²) in [4.78, 5) is 31.2. The molecule has 1 N–H and O–H groups in total. The van der Waals surface area contributed by atoms with Crippen LogP contribution in [0.15, 0.2) is 18.2 Å². The van der Waals surface area contributed by atoms with Gasteiger partial charge in [0.1, 0.15) is 0 Å². The quantitative estimate of drug-likeness (QED) is 0.912. The van der Waals surface area contributed by atoms with Crippen LogP contribution in [0.2, 0.25) is 0 Å². The molecule has 1 aromatic carbocycles. The Bertz CT molecular complexity index is 854. The zero-order valence-electron chi connectivity index (χ0n) is 14.5. The SMILES string of the molecule is CC(=O)Nc1nc(C)c(-c2ccc3c(c2)CCCN3C(=O)C2CC2)s1. The summed E-state index contributed by atoms with van der Waals surface area (Å²) in [5.74, 6) is 0.421. The van der Waals surface area contributed by atoms with E-state index in [0.29, 0.717) is 5.13 Å². The Morgan fingerprint density at radius 3 is 2.84 bits per heavy atom. The number of aryl methyl sites for hydroxylation is 2. The summed E-state index contributed by atoms with van der Waals surface area (Å²) in [7, 11) is 0. The zero-order valence-corrected chi connectivity index (χ0v) is 15.3. The van der Waals surface area contributed by atoms with E-state index in [0.717, 1.165) is 54.0 Å². The first-order valence-corrected chi connectivity index (χ1v) is 9.54. The molecule has 1 fully saturated rings. The Labute approximate surface area is 151 Å². The molecule has 0 radical (unpaired) electrons. The average molecular weight is 355 g/mol. The van der Waals surface area contributed by atoms with E-state index in [-0.39, 0.29) is 17.7 Å². The number of amides is 2. The number of benzene rings is 1. The van der Waals surface area contributed by atoms with Gasteiger partial charge in [-0.05, 0) is 55.9 Å². The van der Waals surface area contributed by atoms with Crippen molar-refractivity contribution in [2.75, 3.05) is 16.8 Å². The predicted octanol–water partition coefficient (Wildman–Crippen LogP) is 3.77. The minimum Gasteiger partial charge on any atom is -0.312 e. The van der Waals surface area contributed by atoms with Gasteiger partial charge >= 0.3 is 0 Å². The number of fused-ring (bicyclic) bond motifs is 1.